The number of fused-ring (bicyclic) bond motifs is 1. The predicted octanol–water partition coefficient (Wildman–Crippen LogP) is 4.32. The second-order valence-electron chi connectivity index (χ2n) is 6.27. The van der Waals surface area contributed by atoms with Gasteiger partial charge in [0.15, 0.2) is 0 Å². The number of esters is 1. The molecule has 0 saturated heterocycles. The summed E-state index contributed by atoms with van der Waals surface area (Å²) in [5.74, 6) is 0.238. The Hall–Kier alpha value is -2.86. The molecule has 0 spiro atoms. The molecule has 27 heavy (non-hydrogen) atoms. The van der Waals surface area contributed by atoms with E-state index >= 15 is 0 Å². The molecular weight excluding hydrogens is 351 g/mol. The van der Waals surface area contributed by atoms with Crippen molar-refractivity contribution in [3.63, 3.8) is 0 Å². The van der Waals surface area contributed by atoms with Gasteiger partial charge in [-0.2, -0.15) is 0 Å². The van der Waals surface area contributed by atoms with E-state index in [1.54, 1.807) is 7.11 Å². The number of halogens is 1. The minimum atomic E-state index is -0.427. The molecule has 142 valence electrons. The Balaban J connectivity index is 1.82. The van der Waals surface area contributed by atoms with Crippen molar-refractivity contribution in [1.82, 2.24) is 0 Å². The monoisotopic (exact) mass is 372 g/mol. The second kappa shape index (κ2) is 8.22. The number of hydrogen-bond donors (Lipinski definition) is 0. The topological polar surface area (TPSA) is 57.9 Å². The lowest BCUT2D eigenvalue weighted by molar-refractivity contribution is -0.139. The first-order valence-corrected chi connectivity index (χ1v) is 8.49. The van der Waals surface area contributed by atoms with Gasteiger partial charge in [-0.1, -0.05) is 6.07 Å². The van der Waals surface area contributed by atoms with E-state index in [4.69, 9.17) is 13.9 Å². The number of ether oxygens (including phenoxy) is 3. The lowest BCUT2D eigenvalue weighted by Crippen LogP contribution is -2.07. The summed E-state index contributed by atoms with van der Waals surface area (Å²) in [6.45, 7) is 2.59. The normalized spacial score (nSPS) is 11.0. The van der Waals surface area contributed by atoms with E-state index in [1.165, 1.54) is 25.3 Å². The van der Waals surface area contributed by atoms with Crippen LogP contribution in [0.4, 0.5) is 4.39 Å². The molecule has 5 nitrogen and oxygen atoms in total. The number of furan rings is 1. The van der Waals surface area contributed by atoms with Gasteiger partial charge >= 0.3 is 5.97 Å². The minimum Gasteiger partial charge on any atom is -0.488 e. The molecule has 0 saturated carbocycles. The second-order valence-corrected chi connectivity index (χ2v) is 6.27. The molecule has 0 bridgehead atoms. The Morgan fingerprint density at radius 2 is 1.93 bits per heavy atom. The number of carbonyl (C=O) groups excluding carboxylic acids is 1. The smallest absolute Gasteiger partial charge is 0.310 e. The van der Waals surface area contributed by atoms with E-state index in [1.807, 2.05) is 25.1 Å². The van der Waals surface area contributed by atoms with Crippen LogP contribution in [-0.2, 0) is 33.9 Å². The van der Waals surface area contributed by atoms with Crippen molar-refractivity contribution in [3.8, 4) is 5.75 Å². The van der Waals surface area contributed by atoms with Crippen molar-refractivity contribution < 1.29 is 27.8 Å². The highest BCUT2D eigenvalue weighted by molar-refractivity contribution is 5.82. The van der Waals surface area contributed by atoms with E-state index in [0.29, 0.717) is 17.9 Å². The first-order chi connectivity index (χ1) is 13.0. The Bertz CT molecular complexity index is 961. The van der Waals surface area contributed by atoms with Crippen LogP contribution in [0, 0.1) is 12.7 Å². The molecule has 0 fully saturated rings. The van der Waals surface area contributed by atoms with E-state index in [0.717, 1.165) is 27.9 Å². The zero-order valence-electron chi connectivity index (χ0n) is 15.5. The van der Waals surface area contributed by atoms with Gasteiger partial charge in [-0.15, -0.1) is 0 Å². The molecule has 2 aromatic carbocycles. The molecular formula is C21H21FO5. The molecule has 0 aliphatic heterocycles. The third-order valence-corrected chi connectivity index (χ3v) is 4.19. The molecule has 0 N–H and O–H groups in total. The quantitative estimate of drug-likeness (QED) is 0.578. The first-order valence-electron chi connectivity index (χ1n) is 8.49. The summed E-state index contributed by atoms with van der Waals surface area (Å²) in [5.41, 5.74) is 3.27. The van der Waals surface area contributed by atoms with E-state index in [2.05, 4.69) is 4.74 Å². The van der Waals surface area contributed by atoms with Crippen molar-refractivity contribution in [2.75, 3.05) is 14.2 Å². The van der Waals surface area contributed by atoms with E-state index in [9.17, 15) is 9.18 Å². The number of methoxy groups -OCH3 is 2. The molecule has 0 atom stereocenters. The van der Waals surface area contributed by atoms with Crippen molar-refractivity contribution in [3.05, 3.63) is 64.7 Å². The van der Waals surface area contributed by atoms with Crippen LogP contribution in [-0.4, -0.2) is 20.2 Å². The molecule has 6 heteroatoms. The fourth-order valence-electron chi connectivity index (χ4n) is 2.95. The van der Waals surface area contributed by atoms with E-state index in [-0.39, 0.29) is 13.0 Å². The summed E-state index contributed by atoms with van der Waals surface area (Å²) < 4.78 is 35.0. The van der Waals surface area contributed by atoms with Crippen LogP contribution >= 0.6 is 0 Å². The van der Waals surface area contributed by atoms with Gasteiger partial charge < -0.3 is 18.6 Å². The van der Waals surface area contributed by atoms with Gasteiger partial charge in [0, 0.05) is 24.1 Å². The van der Waals surface area contributed by atoms with Crippen LogP contribution < -0.4 is 4.74 Å². The molecule has 0 aliphatic rings. The van der Waals surface area contributed by atoms with Crippen molar-refractivity contribution in [2.24, 2.45) is 0 Å². The Morgan fingerprint density at radius 1 is 1.11 bits per heavy atom. The molecule has 0 radical (unpaired) electrons. The summed E-state index contributed by atoms with van der Waals surface area (Å²) in [6, 6.07) is 9.96. The van der Waals surface area contributed by atoms with Gasteiger partial charge in [-0.25, -0.2) is 4.39 Å². The van der Waals surface area contributed by atoms with Gasteiger partial charge in [0.1, 0.15) is 36.1 Å². The number of benzene rings is 2. The fraction of sp³-hybridized carbons (Fsp3) is 0.286. The van der Waals surface area contributed by atoms with Crippen LogP contribution in [0.2, 0.25) is 0 Å². The molecule has 1 aromatic heterocycles. The van der Waals surface area contributed by atoms with Crippen LogP contribution in [0.5, 0.6) is 5.75 Å². The Kier molecular flexibility index (Phi) is 5.76. The average Bonchev–Trinajstić information content (AvgIpc) is 3.05. The summed E-state index contributed by atoms with van der Waals surface area (Å²) in [4.78, 5) is 11.5. The standard InChI is InChI=1S/C21H21FO5/c1-13-6-14(7-16-8-18(12-24-2)27-21(13)16)11-26-19-10-17(22)5-4-15(19)9-20(23)25-3/h4-8,10H,9,11-12H2,1-3H3. The summed E-state index contributed by atoms with van der Waals surface area (Å²) in [5, 5.41) is 0.953. The molecule has 0 aliphatic carbocycles. The lowest BCUT2D eigenvalue weighted by Gasteiger charge is -2.12. The van der Waals surface area contributed by atoms with Gasteiger partial charge in [0.25, 0.3) is 0 Å². The highest BCUT2D eigenvalue weighted by atomic mass is 19.1. The van der Waals surface area contributed by atoms with Crippen LogP contribution in [0.1, 0.15) is 22.5 Å². The van der Waals surface area contributed by atoms with Crippen molar-refractivity contribution >= 4 is 16.9 Å². The average molecular weight is 372 g/mol. The minimum absolute atomic E-state index is 0.0201. The Morgan fingerprint density at radius 3 is 2.67 bits per heavy atom. The molecule has 1 heterocycles. The maximum absolute atomic E-state index is 13.6. The van der Waals surface area contributed by atoms with E-state index < -0.39 is 11.8 Å². The van der Waals surface area contributed by atoms with Gasteiger partial charge in [-0.3, -0.25) is 4.79 Å². The van der Waals surface area contributed by atoms with Crippen LogP contribution in [0.3, 0.4) is 0 Å². The lowest BCUT2D eigenvalue weighted by atomic mass is 10.1. The SMILES string of the molecule is COCc1cc2cc(COc3cc(F)ccc3CC(=O)OC)cc(C)c2o1. The number of rotatable bonds is 7. The highest BCUT2D eigenvalue weighted by Crippen LogP contribution is 2.27. The highest BCUT2D eigenvalue weighted by Gasteiger charge is 2.12. The summed E-state index contributed by atoms with van der Waals surface area (Å²) in [6.07, 6.45) is 0.0201. The molecule has 0 amide bonds. The van der Waals surface area contributed by atoms with Gasteiger partial charge in [0.2, 0.25) is 0 Å². The van der Waals surface area contributed by atoms with Gasteiger partial charge in [0.05, 0.1) is 13.5 Å². The van der Waals surface area contributed by atoms with Crippen LogP contribution in [0.15, 0.2) is 40.8 Å². The zero-order valence-corrected chi connectivity index (χ0v) is 15.5. The largest absolute Gasteiger partial charge is 0.488 e. The molecule has 3 aromatic rings. The Labute approximate surface area is 156 Å². The summed E-state index contributed by atoms with van der Waals surface area (Å²) in [7, 11) is 2.93. The number of aryl methyl sites for hydroxylation is 1. The number of carbonyl (C=O) groups is 1. The summed E-state index contributed by atoms with van der Waals surface area (Å²) >= 11 is 0. The predicted molar refractivity (Wildman–Crippen MR) is 98.1 cm³/mol. The fourth-order valence-corrected chi connectivity index (χ4v) is 2.95. The first kappa shape index (κ1) is 18.9. The van der Waals surface area contributed by atoms with Crippen LogP contribution in [0.25, 0.3) is 11.0 Å². The van der Waals surface area contributed by atoms with Gasteiger partial charge in [-0.05, 0) is 42.3 Å². The third-order valence-electron chi connectivity index (χ3n) is 4.19. The maximum atomic E-state index is 13.6. The zero-order chi connectivity index (χ0) is 19.4. The molecule has 3 rings (SSSR count). The van der Waals surface area contributed by atoms with Crippen molar-refractivity contribution in [1.29, 1.82) is 0 Å². The third kappa shape index (κ3) is 4.46. The number of hydrogen-bond acceptors (Lipinski definition) is 5. The maximum Gasteiger partial charge on any atom is 0.310 e. The van der Waals surface area contributed by atoms with Crippen molar-refractivity contribution in [2.45, 2.75) is 26.6 Å². The molecule has 0 unspecified atom stereocenters.